The van der Waals surface area contributed by atoms with Crippen LogP contribution in [0, 0.1) is 0 Å². The van der Waals surface area contributed by atoms with Gasteiger partial charge >= 0.3 is 7.82 Å². The molecule has 0 saturated heterocycles. The largest absolute Gasteiger partial charge is 0.472 e. The molecule has 11 heteroatoms. The summed E-state index contributed by atoms with van der Waals surface area (Å²) in [6.07, 6.45) is 0.602. The van der Waals surface area contributed by atoms with Gasteiger partial charge in [-0.05, 0) is 12.1 Å². The molecule has 1 N–H and O–H groups in total. The van der Waals surface area contributed by atoms with Crippen LogP contribution in [0.1, 0.15) is 6.92 Å². The summed E-state index contributed by atoms with van der Waals surface area (Å²) in [6.45, 7) is 2.47. The summed E-state index contributed by atoms with van der Waals surface area (Å²) in [5.41, 5.74) is 0. The molecule has 2 atom stereocenters. The fourth-order valence-corrected chi connectivity index (χ4v) is 2.14. The van der Waals surface area contributed by atoms with Gasteiger partial charge in [-0.3, -0.25) is 9.05 Å². The molecule has 24 heavy (non-hydrogen) atoms. The van der Waals surface area contributed by atoms with Crippen molar-refractivity contribution in [2.45, 2.75) is 13.0 Å². The number of phosphoric ester groups is 1. The van der Waals surface area contributed by atoms with E-state index in [0.717, 1.165) is 0 Å². The number of hydrogen-bond acceptors (Lipinski definition) is 8. The van der Waals surface area contributed by atoms with Gasteiger partial charge in [0.2, 0.25) is 0 Å². The van der Waals surface area contributed by atoms with Gasteiger partial charge in [0.1, 0.15) is 26.0 Å². The van der Waals surface area contributed by atoms with Gasteiger partial charge in [0.15, 0.2) is 6.10 Å². The molecule has 1 heterocycles. The molecule has 0 radical (unpaired) electrons. The Morgan fingerprint density at radius 2 is 2.04 bits per heavy atom. The molecule has 0 aliphatic carbocycles. The first-order chi connectivity index (χ1) is 11.2. The molecule has 0 amide bonds. The maximum absolute atomic E-state index is 11.9. The lowest BCUT2D eigenvalue weighted by Crippen LogP contribution is -2.37. The maximum atomic E-state index is 11.9. The lowest BCUT2D eigenvalue weighted by Gasteiger charge is -2.24. The number of hydrogen-bond donors (Lipinski definition) is 1. The van der Waals surface area contributed by atoms with Crippen molar-refractivity contribution >= 4 is 7.82 Å². The van der Waals surface area contributed by atoms with Crippen LogP contribution in [0.15, 0.2) is 16.9 Å². The molecule has 0 bridgehead atoms. The minimum Gasteiger partial charge on any atom is -0.467 e. The molecular formula is C13H26N2O8P+. The van der Waals surface area contributed by atoms with Crippen molar-refractivity contribution in [3.05, 3.63) is 12.3 Å². The summed E-state index contributed by atoms with van der Waals surface area (Å²) >= 11 is 0. The third kappa shape index (κ3) is 9.99. The van der Waals surface area contributed by atoms with E-state index in [1.165, 1.54) is 12.3 Å². The first-order valence-electron chi connectivity index (χ1n) is 7.45. The second-order valence-corrected chi connectivity index (χ2v) is 7.33. The predicted molar refractivity (Wildman–Crippen MR) is 83.1 cm³/mol. The molecular weight excluding hydrogens is 343 g/mol. The number of quaternary nitrogens is 1. The Hall–Kier alpha value is -1.00. The highest BCUT2D eigenvalue weighted by molar-refractivity contribution is 7.47. The van der Waals surface area contributed by atoms with Crippen LogP contribution in [0.25, 0.3) is 0 Å². The standard InChI is InChI=1S/C13H25N2O8P/c1-5-19-20-10-12(23-13-6-8-18-14-13)11-22-24(16,17)21-9-7-15(2,3)4/h6,8,12H,5,7,9-11H2,1-4H3/p+1/t12-/m1/s1. The quantitative estimate of drug-likeness (QED) is 0.180. The molecule has 0 saturated carbocycles. The molecule has 0 aliphatic heterocycles. The molecule has 1 aromatic heterocycles. The van der Waals surface area contributed by atoms with Gasteiger partial charge in [-0.1, -0.05) is 0 Å². The molecule has 0 aliphatic rings. The monoisotopic (exact) mass is 369 g/mol. The Morgan fingerprint density at radius 3 is 2.62 bits per heavy atom. The Bertz CT molecular complexity index is 491. The molecule has 0 aromatic carbocycles. The number of aromatic nitrogens is 1. The Kier molecular flexibility index (Phi) is 8.85. The zero-order valence-electron chi connectivity index (χ0n) is 14.4. The first kappa shape index (κ1) is 21.0. The van der Waals surface area contributed by atoms with E-state index in [0.29, 0.717) is 17.6 Å². The van der Waals surface area contributed by atoms with Gasteiger partial charge in [0, 0.05) is 6.07 Å². The van der Waals surface area contributed by atoms with E-state index in [4.69, 9.17) is 23.6 Å². The second kappa shape index (κ2) is 10.1. The van der Waals surface area contributed by atoms with E-state index >= 15 is 0 Å². The van der Waals surface area contributed by atoms with E-state index in [1.807, 2.05) is 21.1 Å². The highest BCUT2D eigenvalue weighted by atomic mass is 31.2. The Balaban J connectivity index is 2.44. The van der Waals surface area contributed by atoms with Crippen LogP contribution < -0.4 is 4.74 Å². The topological polar surface area (TPSA) is 109 Å². The SMILES string of the molecule is CCOOC[C@H](COP(=O)(O)OCC[N+](C)(C)C)Oc1ccon1. The maximum Gasteiger partial charge on any atom is 0.472 e. The van der Waals surface area contributed by atoms with Crippen molar-refractivity contribution in [3.63, 3.8) is 0 Å². The zero-order chi connectivity index (χ0) is 18.1. The summed E-state index contributed by atoms with van der Waals surface area (Å²) in [7, 11) is 1.64. The third-order valence-corrected chi connectivity index (χ3v) is 3.58. The molecule has 0 fully saturated rings. The van der Waals surface area contributed by atoms with Gasteiger partial charge < -0.3 is 18.6 Å². The number of rotatable bonds is 13. The molecule has 0 spiro atoms. The van der Waals surface area contributed by atoms with Crippen LogP contribution >= 0.6 is 7.82 Å². The highest BCUT2D eigenvalue weighted by Crippen LogP contribution is 2.43. The molecule has 1 unspecified atom stereocenters. The first-order valence-corrected chi connectivity index (χ1v) is 8.95. The lowest BCUT2D eigenvalue weighted by atomic mass is 10.4. The van der Waals surface area contributed by atoms with Crippen molar-refractivity contribution in [3.8, 4) is 5.88 Å². The zero-order valence-corrected chi connectivity index (χ0v) is 15.3. The summed E-state index contributed by atoms with van der Waals surface area (Å²) in [5, 5.41) is 3.59. The van der Waals surface area contributed by atoms with Gasteiger partial charge in [-0.2, -0.15) is 0 Å². The summed E-state index contributed by atoms with van der Waals surface area (Å²) in [6, 6.07) is 1.49. The molecule has 140 valence electrons. The van der Waals surface area contributed by atoms with Gasteiger partial charge in [0.25, 0.3) is 5.88 Å². The minimum atomic E-state index is -4.19. The Morgan fingerprint density at radius 1 is 1.29 bits per heavy atom. The average molecular weight is 369 g/mol. The average Bonchev–Trinajstić information content (AvgIpc) is 2.96. The van der Waals surface area contributed by atoms with Crippen LogP contribution in [-0.4, -0.2) is 74.8 Å². The van der Waals surface area contributed by atoms with Crippen molar-refractivity contribution in [1.29, 1.82) is 0 Å². The lowest BCUT2D eigenvalue weighted by molar-refractivity contribution is -0.870. The predicted octanol–water partition coefficient (Wildman–Crippen LogP) is 1.23. The third-order valence-electron chi connectivity index (χ3n) is 2.60. The number of likely N-dealkylation sites (N-methyl/N-ethyl adjacent to an activating group) is 1. The van der Waals surface area contributed by atoms with E-state index < -0.39 is 13.9 Å². The van der Waals surface area contributed by atoms with Gasteiger partial charge in [-0.15, -0.1) is 0 Å². The number of nitrogens with zero attached hydrogens (tertiary/aromatic N) is 2. The van der Waals surface area contributed by atoms with Crippen molar-refractivity contribution in [2.75, 3.05) is 54.1 Å². The molecule has 1 aromatic rings. The van der Waals surface area contributed by atoms with Gasteiger partial charge in [0.05, 0.1) is 34.4 Å². The molecule has 10 nitrogen and oxygen atoms in total. The normalized spacial score (nSPS) is 15.9. The number of phosphoric acid groups is 1. The summed E-state index contributed by atoms with van der Waals surface area (Å²) in [5.74, 6) is 0.197. The van der Waals surface area contributed by atoms with Crippen LogP contribution in [0.5, 0.6) is 5.88 Å². The fourth-order valence-electron chi connectivity index (χ4n) is 1.40. The van der Waals surface area contributed by atoms with Crippen LogP contribution in [0.3, 0.4) is 0 Å². The second-order valence-electron chi connectivity index (χ2n) is 5.88. The van der Waals surface area contributed by atoms with Crippen LogP contribution in [0.4, 0.5) is 0 Å². The van der Waals surface area contributed by atoms with Crippen molar-refractivity contribution in [1.82, 2.24) is 5.16 Å². The Labute approximate surface area is 141 Å². The summed E-state index contributed by atoms with van der Waals surface area (Å²) < 4.78 is 32.4. The number of ether oxygens (including phenoxy) is 1. The van der Waals surface area contributed by atoms with Gasteiger partial charge in [-0.25, -0.2) is 14.3 Å². The smallest absolute Gasteiger partial charge is 0.467 e. The van der Waals surface area contributed by atoms with Crippen LogP contribution in [-0.2, 0) is 23.4 Å². The van der Waals surface area contributed by atoms with Crippen LogP contribution in [0.2, 0.25) is 0 Å². The van der Waals surface area contributed by atoms with E-state index in [1.54, 1.807) is 6.92 Å². The highest BCUT2D eigenvalue weighted by Gasteiger charge is 2.26. The van der Waals surface area contributed by atoms with E-state index in [2.05, 4.69) is 9.68 Å². The van der Waals surface area contributed by atoms with E-state index in [9.17, 15) is 9.46 Å². The van der Waals surface area contributed by atoms with E-state index in [-0.39, 0.29) is 25.7 Å². The molecule has 1 rings (SSSR count). The van der Waals surface area contributed by atoms with Crippen molar-refractivity contribution in [2.24, 2.45) is 0 Å². The minimum absolute atomic E-state index is 0.0282. The van der Waals surface area contributed by atoms with Crippen molar-refractivity contribution < 1.29 is 42.0 Å². The fraction of sp³-hybridized carbons (Fsp3) is 0.769. The summed E-state index contributed by atoms with van der Waals surface area (Å²) in [4.78, 5) is 19.4.